The molecule has 118 valence electrons. The van der Waals surface area contributed by atoms with E-state index in [0.29, 0.717) is 24.0 Å². The molecule has 3 rings (SSSR count). The number of benzene rings is 1. The van der Waals surface area contributed by atoms with Gasteiger partial charge in [-0.05, 0) is 43.0 Å². The predicted molar refractivity (Wildman–Crippen MR) is 85.6 cm³/mol. The number of nitrogens with zero attached hydrogens (tertiary/aromatic N) is 1. The molecule has 1 heterocycles. The lowest BCUT2D eigenvalue weighted by Crippen LogP contribution is -2.41. The Morgan fingerprint density at radius 1 is 1.36 bits per heavy atom. The molecule has 1 aromatic carbocycles. The normalized spacial score (nSPS) is 22.7. The molecule has 5 nitrogen and oxygen atoms in total. The maximum absolute atomic E-state index is 12.2. The Morgan fingerprint density at radius 2 is 2.05 bits per heavy atom. The molecule has 0 bridgehead atoms. The fraction of sp³-hybridized carbons (Fsp3) is 0.500. The average molecular weight is 322 g/mol. The summed E-state index contributed by atoms with van der Waals surface area (Å²) in [6.07, 6.45) is 2.56. The minimum absolute atomic E-state index is 0.0334. The van der Waals surface area contributed by atoms with Crippen LogP contribution < -0.4 is 16.0 Å². The second kappa shape index (κ2) is 6.26. The highest BCUT2D eigenvalue weighted by Gasteiger charge is 2.36. The van der Waals surface area contributed by atoms with Crippen molar-refractivity contribution in [2.75, 3.05) is 18.0 Å². The fourth-order valence-corrected chi connectivity index (χ4v) is 2.93. The molecule has 2 fully saturated rings. The van der Waals surface area contributed by atoms with Gasteiger partial charge in [0.05, 0.1) is 5.92 Å². The minimum atomic E-state index is -0.311. The molecule has 1 saturated heterocycles. The smallest absolute Gasteiger partial charge is 0.227 e. The number of hydrogen-bond acceptors (Lipinski definition) is 3. The van der Waals surface area contributed by atoms with Gasteiger partial charge in [-0.3, -0.25) is 9.59 Å². The van der Waals surface area contributed by atoms with Crippen LogP contribution in [0.25, 0.3) is 0 Å². The highest BCUT2D eigenvalue weighted by Crippen LogP contribution is 2.31. The summed E-state index contributed by atoms with van der Waals surface area (Å²) < 4.78 is 0. The summed E-state index contributed by atoms with van der Waals surface area (Å²) in [5.41, 5.74) is 6.76. The number of amides is 2. The summed E-state index contributed by atoms with van der Waals surface area (Å²) in [5.74, 6) is 0.125. The molecule has 0 spiro atoms. The zero-order valence-corrected chi connectivity index (χ0v) is 13.1. The van der Waals surface area contributed by atoms with E-state index in [-0.39, 0.29) is 30.2 Å². The van der Waals surface area contributed by atoms with Crippen LogP contribution in [0.2, 0.25) is 5.02 Å². The number of hydrogen-bond donors (Lipinski definition) is 2. The zero-order chi connectivity index (χ0) is 15.7. The lowest BCUT2D eigenvalue weighted by Gasteiger charge is -2.17. The van der Waals surface area contributed by atoms with E-state index in [1.54, 1.807) is 29.2 Å². The van der Waals surface area contributed by atoms with Gasteiger partial charge < -0.3 is 16.0 Å². The molecule has 6 heteroatoms. The van der Waals surface area contributed by atoms with E-state index in [2.05, 4.69) is 5.32 Å². The Hall–Kier alpha value is -1.59. The topological polar surface area (TPSA) is 75.4 Å². The van der Waals surface area contributed by atoms with Crippen LogP contribution in [0.5, 0.6) is 0 Å². The Balaban J connectivity index is 1.56. The number of halogens is 1. The number of anilines is 1. The summed E-state index contributed by atoms with van der Waals surface area (Å²) >= 11 is 5.86. The first-order chi connectivity index (χ1) is 10.5. The van der Waals surface area contributed by atoms with Gasteiger partial charge in [0.2, 0.25) is 11.8 Å². The van der Waals surface area contributed by atoms with Gasteiger partial charge >= 0.3 is 0 Å². The Labute approximate surface area is 134 Å². The lowest BCUT2D eigenvalue weighted by atomic mass is 10.1. The maximum atomic E-state index is 12.2. The number of rotatable bonds is 5. The second-order valence-electron chi connectivity index (χ2n) is 6.13. The van der Waals surface area contributed by atoms with E-state index in [1.165, 1.54) is 0 Å². The van der Waals surface area contributed by atoms with Gasteiger partial charge in [0, 0.05) is 36.3 Å². The second-order valence-corrected chi connectivity index (χ2v) is 6.56. The van der Waals surface area contributed by atoms with Gasteiger partial charge in [0.1, 0.15) is 0 Å². The van der Waals surface area contributed by atoms with Gasteiger partial charge in [-0.15, -0.1) is 0 Å². The molecule has 22 heavy (non-hydrogen) atoms. The van der Waals surface area contributed by atoms with Crippen molar-refractivity contribution >= 4 is 29.1 Å². The molecule has 0 radical (unpaired) electrons. The van der Waals surface area contributed by atoms with Crippen LogP contribution in [0.3, 0.4) is 0 Å². The van der Waals surface area contributed by atoms with Crippen molar-refractivity contribution in [1.29, 1.82) is 0 Å². The molecule has 0 aromatic heterocycles. The number of carbonyl (C=O) groups is 2. The van der Waals surface area contributed by atoms with Gasteiger partial charge in [0.25, 0.3) is 0 Å². The first kappa shape index (κ1) is 15.3. The van der Waals surface area contributed by atoms with Crippen molar-refractivity contribution in [3.8, 4) is 0 Å². The monoisotopic (exact) mass is 321 g/mol. The van der Waals surface area contributed by atoms with Gasteiger partial charge in [-0.25, -0.2) is 0 Å². The molecule has 2 atom stereocenters. The van der Waals surface area contributed by atoms with Crippen molar-refractivity contribution in [3.05, 3.63) is 29.3 Å². The quantitative estimate of drug-likeness (QED) is 0.864. The van der Waals surface area contributed by atoms with E-state index in [4.69, 9.17) is 17.3 Å². The standard InChI is InChI=1S/C16H20ClN3O2/c17-12-3-5-13(6-4-12)20-9-11(7-15(20)21)16(22)19-8-14(18)10-1-2-10/h3-6,10-11,14H,1-2,7-9,18H2,(H,19,22). The average Bonchev–Trinajstić information content (AvgIpc) is 3.28. The first-order valence-electron chi connectivity index (χ1n) is 7.64. The van der Waals surface area contributed by atoms with E-state index >= 15 is 0 Å². The lowest BCUT2D eigenvalue weighted by molar-refractivity contribution is -0.126. The summed E-state index contributed by atoms with van der Waals surface area (Å²) in [5, 5.41) is 3.51. The highest BCUT2D eigenvalue weighted by molar-refractivity contribution is 6.30. The molecule has 2 unspecified atom stereocenters. The van der Waals surface area contributed by atoms with Crippen LogP contribution in [0.1, 0.15) is 19.3 Å². The van der Waals surface area contributed by atoms with Crippen LogP contribution in [-0.4, -0.2) is 30.9 Å². The molecule has 3 N–H and O–H groups in total. The van der Waals surface area contributed by atoms with Crippen LogP contribution in [-0.2, 0) is 9.59 Å². The minimum Gasteiger partial charge on any atom is -0.354 e. The van der Waals surface area contributed by atoms with Gasteiger partial charge in [0.15, 0.2) is 0 Å². The summed E-state index contributed by atoms with van der Waals surface area (Å²) in [6.45, 7) is 0.903. The Morgan fingerprint density at radius 3 is 2.68 bits per heavy atom. The third kappa shape index (κ3) is 3.42. The predicted octanol–water partition coefficient (Wildman–Crippen LogP) is 1.55. The fourth-order valence-electron chi connectivity index (χ4n) is 2.81. The Bertz CT molecular complexity index is 571. The number of nitrogens with one attached hydrogen (secondary N) is 1. The molecular weight excluding hydrogens is 302 g/mol. The molecule has 1 aliphatic heterocycles. The van der Waals surface area contributed by atoms with Gasteiger partial charge in [-0.2, -0.15) is 0 Å². The first-order valence-corrected chi connectivity index (χ1v) is 8.01. The largest absolute Gasteiger partial charge is 0.354 e. The number of nitrogens with two attached hydrogens (primary N) is 1. The van der Waals surface area contributed by atoms with Crippen LogP contribution in [0.4, 0.5) is 5.69 Å². The van der Waals surface area contributed by atoms with Crippen LogP contribution >= 0.6 is 11.6 Å². The van der Waals surface area contributed by atoms with Crippen molar-refractivity contribution in [3.63, 3.8) is 0 Å². The van der Waals surface area contributed by atoms with Crippen molar-refractivity contribution in [2.45, 2.75) is 25.3 Å². The van der Waals surface area contributed by atoms with Crippen molar-refractivity contribution < 1.29 is 9.59 Å². The highest BCUT2D eigenvalue weighted by atomic mass is 35.5. The molecule has 2 aliphatic rings. The number of carbonyl (C=O) groups excluding carboxylic acids is 2. The maximum Gasteiger partial charge on any atom is 0.227 e. The summed E-state index contributed by atoms with van der Waals surface area (Å²) in [6, 6.07) is 7.11. The SMILES string of the molecule is NC(CNC(=O)C1CC(=O)N(c2ccc(Cl)cc2)C1)C1CC1. The summed E-state index contributed by atoms with van der Waals surface area (Å²) in [7, 11) is 0. The van der Waals surface area contributed by atoms with E-state index in [9.17, 15) is 9.59 Å². The third-order valence-corrected chi connectivity index (χ3v) is 4.63. The molecule has 2 amide bonds. The molecule has 1 aliphatic carbocycles. The van der Waals surface area contributed by atoms with E-state index in [1.807, 2.05) is 0 Å². The van der Waals surface area contributed by atoms with Crippen molar-refractivity contribution in [2.24, 2.45) is 17.6 Å². The Kier molecular flexibility index (Phi) is 4.36. The van der Waals surface area contributed by atoms with Gasteiger partial charge in [-0.1, -0.05) is 11.6 Å². The van der Waals surface area contributed by atoms with E-state index < -0.39 is 0 Å². The van der Waals surface area contributed by atoms with Crippen LogP contribution in [0.15, 0.2) is 24.3 Å². The molecule has 1 aromatic rings. The zero-order valence-electron chi connectivity index (χ0n) is 12.3. The molecule has 1 saturated carbocycles. The third-order valence-electron chi connectivity index (χ3n) is 4.37. The van der Waals surface area contributed by atoms with Crippen LogP contribution in [0, 0.1) is 11.8 Å². The van der Waals surface area contributed by atoms with E-state index in [0.717, 1.165) is 18.5 Å². The van der Waals surface area contributed by atoms with Crippen molar-refractivity contribution in [1.82, 2.24) is 5.32 Å². The summed E-state index contributed by atoms with van der Waals surface area (Å²) in [4.78, 5) is 26.0. The molecular formula is C16H20ClN3O2.